The van der Waals surface area contributed by atoms with Gasteiger partial charge in [0.1, 0.15) is 5.56 Å². The number of hydrogen-bond acceptors (Lipinski definition) is 3. The molecule has 0 spiro atoms. The predicted molar refractivity (Wildman–Crippen MR) is 56.7 cm³/mol. The van der Waals surface area contributed by atoms with Crippen molar-refractivity contribution in [2.75, 3.05) is 0 Å². The summed E-state index contributed by atoms with van der Waals surface area (Å²) in [6, 6.07) is 11.0. The Morgan fingerprint density at radius 3 is 2.50 bits per heavy atom. The van der Waals surface area contributed by atoms with E-state index in [0.29, 0.717) is 11.4 Å². The Kier molecular flexibility index (Phi) is 1.71. The SMILES string of the molecule is O=C(O)c1cc(-c2ccccc2)c2nc1O2. The van der Waals surface area contributed by atoms with Gasteiger partial charge in [-0.2, -0.15) is 4.98 Å². The van der Waals surface area contributed by atoms with Crippen LogP contribution in [0.3, 0.4) is 0 Å². The van der Waals surface area contributed by atoms with Gasteiger partial charge in [-0.25, -0.2) is 4.79 Å². The first-order valence-corrected chi connectivity index (χ1v) is 4.77. The molecule has 1 aromatic carbocycles. The third-order valence-electron chi connectivity index (χ3n) is 2.46. The number of fused-ring (bicyclic) bond motifs is 2. The van der Waals surface area contributed by atoms with Crippen LogP contribution in [0.2, 0.25) is 0 Å². The summed E-state index contributed by atoms with van der Waals surface area (Å²) >= 11 is 0. The lowest BCUT2D eigenvalue weighted by Gasteiger charge is -2.20. The Bertz CT molecular complexity index is 578. The molecule has 1 N–H and O–H groups in total. The molecule has 3 heterocycles. The van der Waals surface area contributed by atoms with Crippen molar-refractivity contribution in [3.63, 3.8) is 0 Å². The fraction of sp³-hybridized carbons (Fsp3) is 0. The number of hydrogen-bond donors (Lipinski definition) is 1. The summed E-state index contributed by atoms with van der Waals surface area (Å²) in [7, 11) is 0. The number of carbonyl (C=O) groups is 1. The van der Waals surface area contributed by atoms with Crippen LogP contribution in [-0.2, 0) is 0 Å². The largest absolute Gasteiger partial charge is 0.477 e. The molecule has 2 aromatic rings. The summed E-state index contributed by atoms with van der Waals surface area (Å²) in [4.78, 5) is 14.9. The standard InChI is InChI=1S/C12H7NO3/c14-12(15)9-6-8(10-13-11(9)16-10)7-4-2-1-3-5-7/h1-6H,(H,14,15). The first-order valence-electron chi connectivity index (χ1n) is 4.77. The van der Waals surface area contributed by atoms with Crippen LogP contribution < -0.4 is 4.74 Å². The summed E-state index contributed by atoms with van der Waals surface area (Å²) in [6.07, 6.45) is 0. The van der Waals surface area contributed by atoms with E-state index in [4.69, 9.17) is 9.84 Å². The van der Waals surface area contributed by atoms with E-state index in [1.54, 1.807) is 6.07 Å². The van der Waals surface area contributed by atoms with E-state index < -0.39 is 5.97 Å². The van der Waals surface area contributed by atoms with Gasteiger partial charge in [0.25, 0.3) is 0 Å². The first kappa shape index (κ1) is 8.91. The van der Waals surface area contributed by atoms with E-state index in [9.17, 15) is 4.79 Å². The fourth-order valence-corrected chi connectivity index (χ4v) is 1.67. The highest BCUT2D eigenvalue weighted by atomic mass is 16.5. The lowest BCUT2D eigenvalue weighted by molar-refractivity contribution is 0.0691. The number of carboxylic acids is 1. The van der Waals surface area contributed by atoms with E-state index in [2.05, 4.69) is 4.98 Å². The lowest BCUT2D eigenvalue weighted by Crippen LogP contribution is -2.11. The van der Waals surface area contributed by atoms with Crippen molar-refractivity contribution in [3.8, 4) is 22.9 Å². The van der Waals surface area contributed by atoms with Crippen molar-refractivity contribution in [1.82, 2.24) is 4.98 Å². The second-order valence-corrected chi connectivity index (χ2v) is 3.47. The zero-order valence-corrected chi connectivity index (χ0v) is 8.18. The summed E-state index contributed by atoms with van der Waals surface area (Å²) in [6.45, 7) is 0. The van der Waals surface area contributed by atoms with Crippen LogP contribution >= 0.6 is 0 Å². The second kappa shape index (κ2) is 3.06. The first-order chi connectivity index (χ1) is 7.75. The molecule has 16 heavy (non-hydrogen) atoms. The highest BCUT2D eigenvalue weighted by molar-refractivity contribution is 5.94. The van der Waals surface area contributed by atoms with Crippen molar-refractivity contribution in [2.45, 2.75) is 0 Å². The molecular weight excluding hydrogens is 206 g/mol. The summed E-state index contributed by atoms with van der Waals surface area (Å²) < 4.78 is 5.20. The number of ether oxygens (including phenoxy) is 1. The molecule has 78 valence electrons. The number of aromatic nitrogens is 1. The quantitative estimate of drug-likeness (QED) is 0.710. The third kappa shape index (κ3) is 1.16. The molecule has 0 amide bonds. The van der Waals surface area contributed by atoms with Crippen LogP contribution in [0.25, 0.3) is 11.1 Å². The number of nitrogens with zero attached hydrogens (tertiary/aromatic N) is 1. The number of aromatic carboxylic acids is 1. The van der Waals surface area contributed by atoms with Gasteiger partial charge in [-0.3, -0.25) is 0 Å². The van der Waals surface area contributed by atoms with Gasteiger partial charge in [0, 0.05) is 5.56 Å². The lowest BCUT2D eigenvalue weighted by atomic mass is 10.0. The number of rotatable bonds is 2. The van der Waals surface area contributed by atoms with Crippen molar-refractivity contribution >= 4 is 5.97 Å². The van der Waals surface area contributed by atoms with Crippen molar-refractivity contribution in [3.05, 3.63) is 42.0 Å². The summed E-state index contributed by atoms with van der Waals surface area (Å²) in [5, 5.41) is 8.95. The molecule has 4 nitrogen and oxygen atoms in total. The zero-order valence-electron chi connectivity index (χ0n) is 8.18. The molecule has 0 aliphatic carbocycles. The third-order valence-corrected chi connectivity index (χ3v) is 2.46. The minimum atomic E-state index is -1.02. The van der Waals surface area contributed by atoms with Gasteiger partial charge in [0.2, 0.25) is 11.8 Å². The van der Waals surface area contributed by atoms with E-state index in [-0.39, 0.29) is 11.4 Å². The van der Waals surface area contributed by atoms with Gasteiger partial charge >= 0.3 is 5.97 Å². The molecule has 0 atom stereocenters. The minimum Gasteiger partial charge on any atom is -0.477 e. The molecule has 2 aliphatic heterocycles. The van der Waals surface area contributed by atoms with E-state index in [1.807, 2.05) is 30.3 Å². The van der Waals surface area contributed by atoms with E-state index in [1.165, 1.54) is 0 Å². The molecule has 4 heteroatoms. The average molecular weight is 213 g/mol. The Labute approximate surface area is 91.1 Å². The predicted octanol–water partition coefficient (Wildman–Crippen LogP) is 2.55. The Balaban J connectivity index is 2.18. The normalized spacial score (nSPS) is 11.5. The van der Waals surface area contributed by atoms with Gasteiger partial charge in [-0.1, -0.05) is 30.3 Å². The van der Waals surface area contributed by atoms with Gasteiger partial charge in [0.05, 0.1) is 0 Å². The number of carboxylic acid groups (broad SMARTS) is 1. The van der Waals surface area contributed by atoms with Crippen molar-refractivity contribution in [1.29, 1.82) is 0 Å². The van der Waals surface area contributed by atoms with E-state index in [0.717, 1.165) is 5.56 Å². The molecular formula is C12H7NO3. The highest BCUT2D eigenvalue weighted by Crippen LogP contribution is 2.42. The highest BCUT2D eigenvalue weighted by Gasteiger charge is 2.27. The second-order valence-electron chi connectivity index (χ2n) is 3.47. The maximum absolute atomic E-state index is 10.9. The minimum absolute atomic E-state index is 0.105. The van der Waals surface area contributed by atoms with Gasteiger partial charge in [0.15, 0.2) is 0 Å². The van der Waals surface area contributed by atoms with Crippen LogP contribution in [0.5, 0.6) is 11.8 Å². The molecule has 2 bridgehead atoms. The molecule has 0 fully saturated rings. The Morgan fingerprint density at radius 1 is 1.19 bits per heavy atom. The van der Waals surface area contributed by atoms with E-state index >= 15 is 0 Å². The average Bonchev–Trinajstić information content (AvgIpc) is 2.28. The topological polar surface area (TPSA) is 59.4 Å². The summed E-state index contributed by atoms with van der Waals surface area (Å²) in [5.74, 6) is -0.334. The Hall–Kier alpha value is -2.36. The molecule has 2 aliphatic rings. The van der Waals surface area contributed by atoms with Crippen LogP contribution in [0.1, 0.15) is 10.4 Å². The molecule has 4 rings (SSSR count). The van der Waals surface area contributed by atoms with Crippen LogP contribution in [0, 0.1) is 0 Å². The van der Waals surface area contributed by atoms with Gasteiger partial charge < -0.3 is 9.84 Å². The fourth-order valence-electron chi connectivity index (χ4n) is 1.67. The molecule has 0 radical (unpaired) electrons. The Morgan fingerprint density at radius 2 is 1.88 bits per heavy atom. The summed E-state index contributed by atoms with van der Waals surface area (Å²) in [5.41, 5.74) is 1.72. The molecule has 0 saturated carbocycles. The molecule has 0 unspecified atom stereocenters. The number of benzene rings is 1. The molecule has 1 aromatic heterocycles. The van der Waals surface area contributed by atoms with Crippen LogP contribution in [-0.4, -0.2) is 16.1 Å². The van der Waals surface area contributed by atoms with Crippen LogP contribution in [0.4, 0.5) is 0 Å². The van der Waals surface area contributed by atoms with Crippen molar-refractivity contribution < 1.29 is 14.6 Å². The van der Waals surface area contributed by atoms with Crippen molar-refractivity contribution in [2.24, 2.45) is 0 Å². The van der Waals surface area contributed by atoms with Gasteiger partial charge in [-0.15, -0.1) is 0 Å². The number of pyridine rings is 1. The smallest absolute Gasteiger partial charge is 0.341 e. The van der Waals surface area contributed by atoms with Crippen LogP contribution in [0.15, 0.2) is 36.4 Å². The monoisotopic (exact) mass is 213 g/mol. The maximum atomic E-state index is 10.9. The van der Waals surface area contributed by atoms with Gasteiger partial charge in [-0.05, 0) is 11.6 Å². The maximum Gasteiger partial charge on any atom is 0.341 e. The molecule has 0 saturated heterocycles. The zero-order chi connectivity index (χ0) is 11.1.